The monoisotopic (exact) mass is 450 g/mol. The summed E-state index contributed by atoms with van der Waals surface area (Å²) < 4.78 is 1.88. The fraction of sp³-hybridized carbons (Fsp3) is 0.0476. The molecule has 0 amide bonds. The first-order valence-electron chi connectivity index (χ1n) is 9.03. The van der Waals surface area contributed by atoms with Gasteiger partial charge in [0.2, 0.25) is 0 Å². The minimum atomic E-state index is -0.434. The lowest BCUT2D eigenvalue weighted by atomic mass is 10.2. The SMILES string of the molecule is O=[N+]([O-])c1ccc(CSc2nc3ccc(N=Cc4cccc([N+](=O)[O-])c4)cc3s2)cc1. The topological polar surface area (TPSA) is 112 Å². The summed E-state index contributed by atoms with van der Waals surface area (Å²) in [5.74, 6) is 0.662. The lowest BCUT2D eigenvalue weighted by molar-refractivity contribution is -0.385. The van der Waals surface area contributed by atoms with Crippen LogP contribution in [0.2, 0.25) is 0 Å². The molecule has 1 heterocycles. The highest BCUT2D eigenvalue weighted by Crippen LogP contribution is 2.33. The third-order valence-corrected chi connectivity index (χ3v) is 6.54. The maximum Gasteiger partial charge on any atom is 0.270 e. The first kappa shape index (κ1) is 20.6. The van der Waals surface area contributed by atoms with E-state index in [9.17, 15) is 20.2 Å². The Kier molecular flexibility index (Phi) is 6.01. The molecule has 0 aliphatic rings. The van der Waals surface area contributed by atoms with E-state index in [1.807, 2.05) is 18.2 Å². The van der Waals surface area contributed by atoms with Crippen LogP contribution in [0.3, 0.4) is 0 Å². The summed E-state index contributed by atoms with van der Waals surface area (Å²) in [6, 6.07) is 18.5. The predicted molar refractivity (Wildman–Crippen MR) is 123 cm³/mol. The van der Waals surface area contributed by atoms with Gasteiger partial charge in [0.25, 0.3) is 11.4 Å². The molecule has 1 aromatic heterocycles. The van der Waals surface area contributed by atoms with Crippen molar-refractivity contribution in [3.8, 4) is 0 Å². The summed E-state index contributed by atoms with van der Waals surface area (Å²) >= 11 is 3.12. The molecule has 0 atom stereocenters. The van der Waals surface area contributed by atoms with Gasteiger partial charge >= 0.3 is 0 Å². The number of hydrogen-bond donors (Lipinski definition) is 0. The number of aliphatic imine (C=N–C) groups is 1. The van der Waals surface area contributed by atoms with Crippen LogP contribution < -0.4 is 0 Å². The van der Waals surface area contributed by atoms with Crippen LogP contribution in [0.25, 0.3) is 10.2 Å². The average molecular weight is 451 g/mol. The zero-order valence-corrected chi connectivity index (χ0v) is 17.5. The maximum absolute atomic E-state index is 10.9. The highest BCUT2D eigenvalue weighted by molar-refractivity contribution is 8.00. The quantitative estimate of drug-likeness (QED) is 0.144. The van der Waals surface area contributed by atoms with Crippen molar-refractivity contribution in [1.82, 2.24) is 4.98 Å². The number of nitro groups is 2. The molecule has 4 aromatic rings. The molecule has 3 aromatic carbocycles. The normalized spacial score (nSPS) is 11.2. The van der Waals surface area contributed by atoms with Crippen LogP contribution >= 0.6 is 23.1 Å². The molecule has 0 radical (unpaired) electrons. The van der Waals surface area contributed by atoms with E-state index in [1.165, 1.54) is 24.3 Å². The van der Waals surface area contributed by atoms with Gasteiger partial charge in [-0.2, -0.15) is 0 Å². The van der Waals surface area contributed by atoms with Crippen molar-refractivity contribution in [2.75, 3.05) is 0 Å². The molecule has 0 bridgehead atoms. The van der Waals surface area contributed by atoms with E-state index < -0.39 is 9.85 Å². The Labute approximate surface area is 184 Å². The second-order valence-electron chi connectivity index (χ2n) is 6.45. The van der Waals surface area contributed by atoms with Crippen LogP contribution in [-0.4, -0.2) is 21.0 Å². The number of nitro benzene ring substituents is 2. The average Bonchev–Trinajstić information content (AvgIpc) is 3.19. The van der Waals surface area contributed by atoms with Gasteiger partial charge in [0.15, 0.2) is 4.34 Å². The number of fused-ring (bicyclic) bond motifs is 1. The third kappa shape index (κ3) is 5.11. The summed E-state index contributed by atoms with van der Waals surface area (Å²) in [6.45, 7) is 0. The van der Waals surface area contributed by atoms with E-state index in [0.29, 0.717) is 11.3 Å². The second kappa shape index (κ2) is 9.02. The van der Waals surface area contributed by atoms with E-state index >= 15 is 0 Å². The highest BCUT2D eigenvalue weighted by Gasteiger charge is 2.08. The summed E-state index contributed by atoms with van der Waals surface area (Å²) in [4.78, 5) is 29.8. The Balaban J connectivity index is 1.46. The third-order valence-electron chi connectivity index (χ3n) is 4.31. The van der Waals surface area contributed by atoms with Crippen LogP contribution in [0.15, 0.2) is 76.1 Å². The molecule has 31 heavy (non-hydrogen) atoms. The maximum atomic E-state index is 10.9. The lowest BCUT2D eigenvalue weighted by Crippen LogP contribution is -1.89. The van der Waals surface area contributed by atoms with Crippen molar-refractivity contribution in [1.29, 1.82) is 0 Å². The van der Waals surface area contributed by atoms with Gasteiger partial charge in [-0.05, 0) is 29.3 Å². The lowest BCUT2D eigenvalue weighted by Gasteiger charge is -1.98. The van der Waals surface area contributed by atoms with Crippen molar-refractivity contribution in [3.63, 3.8) is 0 Å². The molecule has 10 heteroatoms. The number of thioether (sulfide) groups is 1. The zero-order chi connectivity index (χ0) is 21.8. The van der Waals surface area contributed by atoms with Gasteiger partial charge < -0.3 is 0 Å². The predicted octanol–water partition coefficient (Wildman–Crippen LogP) is 6.16. The van der Waals surface area contributed by atoms with E-state index in [0.717, 1.165) is 25.8 Å². The van der Waals surface area contributed by atoms with E-state index in [1.54, 1.807) is 53.6 Å². The molecule has 154 valence electrons. The van der Waals surface area contributed by atoms with Gasteiger partial charge in [-0.15, -0.1) is 11.3 Å². The van der Waals surface area contributed by atoms with Crippen LogP contribution in [0.1, 0.15) is 11.1 Å². The Hall–Kier alpha value is -3.63. The smallest absolute Gasteiger partial charge is 0.258 e. The summed E-state index contributed by atoms with van der Waals surface area (Å²) in [5.41, 5.74) is 3.33. The molecule has 0 spiro atoms. The van der Waals surface area contributed by atoms with Gasteiger partial charge in [0.1, 0.15) is 0 Å². The van der Waals surface area contributed by atoms with E-state index in [2.05, 4.69) is 9.98 Å². The van der Waals surface area contributed by atoms with Gasteiger partial charge in [0.05, 0.1) is 25.8 Å². The Bertz CT molecular complexity index is 1300. The molecule has 0 saturated heterocycles. The van der Waals surface area contributed by atoms with Crippen LogP contribution in [0.4, 0.5) is 17.1 Å². The van der Waals surface area contributed by atoms with Crippen LogP contribution in [0, 0.1) is 20.2 Å². The minimum absolute atomic E-state index is 0.0246. The number of benzene rings is 3. The number of rotatable bonds is 7. The molecule has 0 fully saturated rings. The first-order valence-corrected chi connectivity index (χ1v) is 10.8. The first-order chi connectivity index (χ1) is 15.0. The Morgan fingerprint density at radius 3 is 2.48 bits per heavy atom. The highest BCUT2D eigenvalue weighted by atomic mass is 32.2. The standard InChI is InChI=1S/C21H14N4O4S2/c26-24(27)17-7-4-14(5-8-17)13-30-21-23-19-9-6-16(11-20(19)31-21)22-12-15-2-1-3-18(10-15)25(28)29/h1-12H,13H2. The van der Waals surface area contributed by atoms with Crippen molar-refractivity contribution in [3.05, 3.63) is 98.1 Å². The van der Waals surface area contributed by atoms with Crippen molar-refractivity contribution < 1.29 is 9.85 Å². The number of thiazole rings is 1. The number of nitrogens with zero attached hydrogens (tertiary/aromatic N) is 4. The number of non-ortho nitro benzene ring substituents is 2. The van der Waals surface area contributed by atoms with E-state index in [-0.39, 0.29) is 11.4 Å². The Morgan fingerprint density at radius 2 is 1.74 bits per heavy atom. The van der Waals surface area contributed by atoms with E-state index in [4.69, 9.17) is 0 Å². The van der Waals surface area contributed by atoms with Gasteiger partial charge in [0, 0.05) is 36.2 Å². The van der Waals surface area contributed by atoms with Gasteiger partial charge in [-0.25, -0.2) is 4.98 Å². The molecule has 0 aliphatic carbocycles. The largest absolute Gasteiger partial charge is 0.270 e. The van der Waals surface area contributed by atoms with Crippen molar-refractivity contribution in [2.24, 2.45) is 4.99 Å². The summed E-state index contributed by atoms with van der Waals surface area (Å²) in [5, 5.41) is 21.6. The molecule has 0 aliphatic heterocycles. The van der Waals surface area contributed by atoms with Crippen LogP contribution in [-0.2, 0) is 5.75 Å². The molecule has 4 rings (SSSR count). The molecular formula is C21H14N4O4S2. The van der Waals surface area contributed by atoms with Crippen molar-refractivity contribution in [2.45, 2.75) is 10.1 Å². The van der Waals surface area contributed by atoms with Gasteiger partial charge in [-0.3, -0.25) is 25.2 Å². The van der Waals surface area contributed by atoms with Crippen molar-refractivity contribution >= 4 is 56.6 Å². The second-order valence-corrected chi connectivity index (χ2v) is 8.71. The molecule has 0 unspecified atom stereocenters. The fourth-order valence-corrected chi connectivity index (χ4v) is 4.82. The minimum Gasteiger partial charge on any atom is -0.258 e. The molecule has 0 saturated carbocycles. The summed E-state index contributed by atoms with van der Waals surface area (Å²) in [6.07, 6.45) is 1.60. The molecular weight excluding hydrogens is 436 g/mol. The van der Waals surface area contributed by atoms with Crippen LogP contribution in [0.5, 0.6) is 0 Å². The zero-order valence-electron chi connectivity index (χ0n) is 15.9. The number of hydrogen-bond acceptors (Lipinski definition) is 8. The molecule has 8 nitrogen and oxygen atoms in total. The van der Waals surface area contributed by atoms with Gasteiger partial charge in [-0.1, -0.05) is 36.0 Å². The Morgan fingerprint density at radius 1 is 0.968 bits per heavy atom. The fourth-order valence-electron chi connectivity index (χ4n) is 2.76. The molecule has 0 N–H and O–H groups in total. The summed E-state index contributed by atoms with van der Waals surface area (Å²) in [7, 11) is 0. The number of aromatic nitrogens is 1.